The van der Waals surface area contributed by atoms with Crippen molar-refractivity contribution < 1.29 is 0 Å². The van der Waals surface area contributed by atoms with E-state index < -0.39 is 0 Å². The first-order valence-corrected chi connectivity index (χ1v) is 9.81. The Morgan fingerprint density at radius 2 is 1.62 bits per heavy atom. The van der Waals surface area contributed by atoms with E-state index in [0.717, 1.165) is 5.02 Å². The fraction of sp³-hybridized carbons (Fsp3) is 0.286. The Morgan fingerprint density at radius 3 is 2.42 bits per heavy atom. The van der Waals surface area contributed by atoms with Gasteiger partial charge in [-0.3, -0.25) is 4.98 Å². The minimum absolute atomic E-state index is 0.692. The minimum atomic E-state index is 0.692. The van der Waals surface area contributed by atoms with Gasteiger partial charge in [-0.2, -0.15) is 0 Å². The van der Waals surface area contributed by atoms with E-state index in [-0.39, 0.29) is 0 Å². The number of thiophene rings is 1. The van der Waals surface area contributed by atoms with Gasteiger partial charge in [0, 0.05) is 32.7 Å². The molecule has 1 saturated carbocycles. The molecule has 3 heteroatoms. The summed E-state index contributed by atoms with van der Waals surface area (Å²) in [5.74, 6) is 0.692. The standard InChI is InChI=1S/C21H20ClNS/c22-17-8-6-16(7-9-17)20-10-11-21(24-20)19-14-23-13-12-18(19)15-4-2-1-3-5-15/h6-15H,1-5H2. The molecule has 2 aromatic heterocycles. The summed E-state index contributed by atoms with van der Waals surface area (Å²) in [5.41, 5.74) is 4.02. The molecule has 1 aliphatic carbocycles. The Morgan fingerprint density at radius 1 is 0.875 bits per heavy atom. The molecule has 1 aliphatic rings. The normalized spacial score (nSPS) is 15.5. The van der Waals surface area contributed by atoms with Crippen LogP contribution >= 0.6 is 22.9 Å². The summed E-state index contributed by atoms with van der Waals surface area (Å²) in [4.78, 5) is 6.99. The average Bonchev–Trinajstić information content (AvgIpc) is 3.13. The van der Waals surface area contributed by atoms with Gasteiger partial charge in [0.2, 0.25) is 0 Å². The number of pyridine rings is 1. The zero-order valence-electron chi connectivity index (χ0n) is 13.5. The Bertz CT molecular complexity index is 816. The number of hydrogen-bond acceptors (Lipinski definition) is 2. The third kappa shape index (κ3) is 3.26. The second-order valence-electron chi connectivity index (χ2n) is 6.47. The van der Waals surface area contributed by atoms with Gasteiger partial charge in [0.15, 0.2) is 0 Å². The minimum Gasteiger partial charge on any atom is -0.264 e. The molecule has 4 rings (SSSR count). The van der Waals surface area contributed by atoms with Gasteiger partial charge in [-0.15, -0.1) is 11.3 Å². The molecule has 0 saturated heterocycles. The summed E-state index contributed by atoms with van der Waals surface area (Å²) in [6.45, 7) is 0. The number of hydrogen-bond donors (Lipinski definition) is 0. The molecule has 0 radical (unpaired) electrons. The first kappa shape index (κ1) is 15.9. The van der Waals surface area contributed by atoms with Crippen LogP contribution in [0.25, 0.3) is 20.9 Å². The predicted molar refractivity (Wildman–Crippen MR) is 104 cm³/mol. The molecule has 0 unspecified atom stereocenters. The van der Waals surface area contributed by atoms with Crippen LogP contribution in [-0.4, -0.2) is 4.98 Å². The fourth-order valence-electron chi connectivity index (χ4n) is 3.63. The van der Waals surface area contributed by atoms with Crippen LogP contribution in [0.2, 0.25) is 5.02 Å². The first-order valence-electron chi connectivity index (χ1n) is 8.61. The lowest BCUT2D eigenvalue weighted by atomic mass is 9.82. The number of halogens is 1. The fourth-order valence-corrected chi connectivity index (χ4v) is 4.80. The van der Waals surface area contributed by atoms with Crippen molar-refractivity contribution in [1.29, 1.82) is 0 Å². The maximum atomic E-state index is 6.00. The van der Waals surface area contributed by atoms with Gasteiger partial charge >= 0.3 is 0 Å². The van der Waals surface area contributed by atoms with Crippen molar-refractivity contribution in [2.45, 2.75) is 38.0 Å². The van der Waals surface area contributed by atoms with Crippen molar-refractivity contribution in [3.63, 3.8) is 0 Å². The first-order chi connectivity index (χ1) is 11.8. The van der Waals surface area contributed by atoms with Crippen molar-refractivity contribution >= 4 is 22.9 Å². The van der Waals surface area contributed by atoms with Crippen molar-refractivity contribution in [3.05, 3.63) is 65.4 Å². The zero-order valence-corrected chi connectivity index (χ0v) is 15.1. The topological polar surface area (TPSA) is 12.9 Å². The maximum Gasteiger partial charge on any atom is 0.0406 e. The lowest BCUT2D eigenvalue weighted by Gasteiger charge is -2.23. The Balaban J connectivity index is 1.68. The van der Waals surface area contributed by atoms with Crippen LogP contribution in [0.3, 0.4) is 0 Å². The highest BCUT2D eigenvalue weighted by atomic mass is 35.5. The van der Waals surface area contributed by atoms with Crippen LogP contribution < -0.4 is 0 Å². The molecule has 0 bridgehead atoms. The summed E-state index contributed by atoms with van der Waals surface area (Å²) in [6, 6.07) is 14.7. The molecule has 122 valence electrons. The Labute approximate surface area is 152 Å². The van der Waals surface area contributed by atoms with E-state index in [9.17, 15) is 0 Å². The van der Waals surface area contributed by atoms with Crippen LogP contribution in [0.4, 0.5) is 0 Å². The van der Waals surface area contributed by atoms with Gasteiger partial charge in [-0.05, 0) is 60.2 Å². The van der Waals surface area contributed by atoms with E-state index in [1.165, 1.54) is 58.5 Å². The van der Waals surface area contributed by atoms with E-state index in [1.807, 2.05) is 35.9 Å². The monoisotopic (exact) mass is 353 g/mol. The van der Waals surface area contributed by atoms with Crippen molar-refractivity contribution in [2.75, 3.05) is 0 Å². The van der Waals surface area contributed by atoms with Gasteiger partial charge in [-0.25, -0.2) is 0 Å². The van der Waals surface area contributed by atoms with Gasteiger partial charge < -0.3 is 0 Å². The highest BCUT2D eigenvalue weighted by Crippen LogP contribution is 2.41. The lowest BCUT2D eigenvalue weighted by molar-refractivity contribution is 0.444. The molecule has 1 aromatic carbocycles. The molecular formula is C21H20ClNS. The molecule has 0 amide bonds. The van der Waals surface area contributed by atoms with Gasteiger partial charge in [0.05, 0.1) is 0 Å². The van der Waals surface area contributed by atoms with Gasteiger partial charge in [0.25, 0.3) is 0 Å². The maximum absolute atomic E-state index is 6.00. The number of aromatic nitrogens is 1. The molecule has 0 aliphatic heterocycles. The molecular weight excluding hydrogens is 334 g/mol. The Kier molecular flexibility index (Phi) is 4.68. The molecule has 1 fully saturated rings. The summed E-state index contributed by atoms with van der Waals surface area (Å²) in [7, 11) is 0. The average molecular weight is 354 g/mol. The summed E-state index contributed by atoms with van der Waals surface area (Å²) in [5, 5.41) is 0.780. The van der Waals surface area contributed by atoms with Gasteiger partial charge in [-0.1, -0.05) is 43.0 Å². The molecule has 1 nitrogen and oxygen atoms in total. The summed E-state index contributed by atoms with van der Waals surface area (Å²) < 4.78 is 0. The summed E-state index contributed by atoms with van der Waals surface area (Å²) in [6.07, 6.45) is 10.7. The molecule has 0 spiro atoms. The third-order valence-corrected chi connectivity index (χ3v) is 6.32. The van der Waals surface area contributed by atoms with Crippen molar-refractivity contribution in [3.8, 4) is 20.9 Å². The predicted octanol–water partition coefficient (Wildman–Crippen LogP) is 7.18. The molecule has 2 heterocycles. The smallest absolute Gasteiger partial charge is 0.0406 e. The molecule has 24 heavy (non-hydrogen) atoms. The molecule has 0 atom stereocenters. The van der Waals surface area contributed by atoms with Gasteiger partial charge in [0.1, 0.15) is 0 Å². The van der Waals surface area contributed by atoms with E-state index in [2.05, 4.69) is 35.3 Å². The highest BCUT2D eigenvalue weighted by molar-refractivity contribution is 7.18. The van der Waals surface area contributed by atoms with Crippen LogP contribution in [-0.2, 0) is 0 Å². The molecule has 0 N–H and O–H groups in total. The van der Waals surface area contributed by atoms with E-state index >= 15 is 0 Å². The lowest BCUT2D eigenvalue weighted by Crippen LogP contribution is -2.05. The number of benzene rings is 1. The van der Waals surface area contributed by atoms with Crippen LogP contribution in [0.5, 0.6) is 0 Å². The van der Waals surface area contributed by atoms with Crippen LogP contribution in [0, 0.1) is 0 Å². The number of rotatable bonds is 3. The summed E-state index contributed by atoms with van der Waals surface area (Å²) >= 11 is 7.84. The van der Waals surface area contributed by atoms with Crippen molar-refractivity contribution in [2.24, 2.45) is 0 Å². The number of nitrogens with zero attached hydrogens (tertiary/aromatic N) is 1. The van der Waals surface area contributed by atoms with E-state index in [4.69, 9.17) is 11.6 Å². The van der Waals surface area contributed by atoms with Crippen molar-refractivity contribution in [1.82, 2.24) is 4.98 Å². The van der Waals surface area contributed by atoms with E-state index in [0.29, 0.717) is 5.92 Å². The highest BCUT2D eigenvalue weighted by Gasteiger charge is 2.19. The van der Waals surface area contributed by atoms with E-state index in [1.54, 1.807) is 0 Å². The third-order valence-electron chi connectivity index (χ3n) is 4.90. The second kappa shape index (κ2) is 7.08. The Hall–Kier alpha value is -1.64. The zero-order chi connectivity index (χ0) is 16.4. The van der Waals surface area contributed by atoms with Crippen LogP contribution in [0.15, 0.2) is 54.9 Å². The largest absolute Gasteiger partial charge is 0.264 e. The second-order valence-corrected chi connectivity index (χ2v) is 7.99. The SMILES string of the molecule is Clc1ccc(-c2ccc(-c3cnccc3C3CCCCC3)s2)cc1. The quantitative estimate of drug-likeness (QED) is 0.486. The molecule has 3 aromatic rings. The van der Waals surface area contributed by atoms with Crippen LogP contribution in [0.1, 0.15) is 43.6 Å².